The maximum atomic E-state index is 13.3. The van der Waals surface area contributed by atoms with Crippen LogP contribution in [0.15, 0.2) is 18.2 Å². The van der Waals surface area contributed by atoms with Gasteiger partial charge in [0.15, 0.2) is 18.2 Å². The number of hydrogen-bond donors (Lipinski definition) is 1. The van der Waals surface area contributed by atoms with Gasteiger partial charge >= 0.3 is 5.97 Å². The molecule has 1 N–H and O–H groups in total. The van der Waals surface area contributed by atoms with E-state index >= 15 is 0 Å². The van der Waals surface area contributed by atoms with E-state index in [-0.39, 0.29) is 18.2 Å². The van der Waals surface area contributed by atoms with Gasteiger partial charge in [0.05, 0.1) is 5.92 Å². The topological polar surface area (TPSA) is 66.8 Å². The molecule has 0 radical (unpaired) electrons. The second kappa shape index (κ2) is 6.07. The molecule has 2 atom stereocenters. The van der Waals surface area contributed by atoms with Gasteiger partial charge < -0.3 is 14.7 Å². The summed E-state index contributed by atoms with van der Waals surface area (Å²) in [5, 5.41) is 9.00. The van der Waals surface area contributed by atoms with Gasteiger partial charge in [-0.3, -0.25) is 9.59 Å². The normalized spacial score (nSPS) is 21.4. The lowest BCUT2D eigenvalue weighted by molar-refractivity contribution is -0.142. The highest BCUT2D eigenvalue weighted by Crippen LogP contribution is 2.23. The van der Waals surface area contributed by atoms with Gasteiger partial charge in [-0.1, -0.05) is 6.92 Å². The van der Waals surface area contributed by atoms with E-state index in [1.165, 1.54) is 4.90 Å². The highest BCUT2D eigenvalue weighted by atomic mass is 19.1. The Bertz CT molecular complexity index is 564. The zero-order chi connectivity index (χ0) is 15.6. The zero-order valence-corrected chi connectivity index (χ0v) is 11.4. The average molecular weight is 299 g/mol. The molecule has 1 fully saturated rings. The summed E-state index contributed by atoms with van der Waals surface area (Å²) in [7, 11) is 0. The van der Waals surface area contributed by atoms with E-state index in [1.807, 2.05) is 0 Å². The molecule has 1 heterocycles. The number of aliphatic carboxylic acids is 1. The van der Waals surface area contributed by atoms with E-state index in [2.05, 4.69) is 0 Å². The van der Waals surface area contributed by atoms with Gasteiger partial charge in [0.2, 0.25) is 0 Å². The third kappa shape index (κ3) is 3.48. The molecule has 0 aliphatic carbocycles. The van der Waals surface area contributed by atoms with E-state index in [9.17, 15) is 18.4 Å². The summed E-state index contributed by atoms with van der Waals surface area (Å²) in [6.07, 6.45) is 0. The Hall–Kier alpha value is -2.18. The van der Waals surface area contributed by atoms with E-state index < -0.39 is 36.0 Å². The molecule has 0 aromatic heterocycles. The molecule has 1 aromatic carbocycles. The fraction of sp³-hybridized carbons (Fsp3) is 0.429. The highest BCUT2D eigenvalue weighted by Gasteiger charge is 2.36. The Morgan fingerprint density at radius 2 is 2.10 bits per heavy atom. The molecular formula is C14H15F2NO4. The predicted octanol–water partition coefficient (Wildman–Crippen LogP) is 1.52. The first kappa shape index (κ1) is 15.2. The molecule has 5 nitrogen and oxygen atoms in total. The smallest absolute Gasteiger partial charge is 0.308 e. The number of halogens is 2. The molecule has 0 bridgehead atoms. The minimum Gasteiger partial charge on any atom is -0.481 e. The van der Waals surface area contributed by atoms with Crippen molar-refractivity contribution < 1.29 is 28.2 Å². The summed E-state index contributed by atoms with van der Waals surface area (Å²) >= 11 is 0. The highest BCUT2D eigenvalue weighted by molar-refractivity contribution is 5.80. The van der Waals surface area contributed by atoms with Crippen molar-refractivity contribution in [1.82, 2.24) is 4.90 Å². The van der Waals surface area contributed by atoms with Gasteiger partial charge in [-0.15, -0.1) is 0 Å². The number of benzene rings is 1. The molecule has 0 spiro atoms. The minimum atomic E-state index is -0.941. The van der Waals surface area contributed by atoms with E-state index in [4.69, 9.17) is 9.84 Å². The summed E-state index contributed by atoms with van der Waals surface area (Å²) in [5.41, 5.74) is 0. The quantitative estimate of drug-likeness (QED) is 0.915. The Morgan fingerprint density at radius 1 is 1.38 bits per heavy atom. The summed E-state index contributed by atoms with van der Waals surface area (Å²) in [6, 6.07) is 2.80. The monoisotopic (exact) mass is 299 g/mol. The van der Waals surface area contributed by atoms with Crippen molar-refractivity contribution in [2.45, 2.75) is 6.92 Å². The third-order valence-electron chi connectivity index (χ3n) is 3.53. The number of rotatable bonds is 4. The SMILES string of the molecule is CC1CN(C(=O)COc2ccc(F)cc2F)CC1C(=O)O. The van der Waals surface area contributed by atoms with Crippen LogP contribution in [0, 0.1) is 23.5 Å². The molecular weight excluding hydrogens is 284 g/mol. The number of hydrogen-bond acceptors (Lipinski definition) is 3. The molecule has 1 aromatic rings. The number of likely N-dealkylation sites (tertiary alicyclic amines) is 1. The second-order valence-corrected chi connectivity index (χ2v) is 5.08. The van der Waals surface area contributed by atoms with Crippen LogP contribution in [-0.2, 0) is 9.59 Å². The first-order valence-corrected chi connectivity index (χ1v) is 6.47. The Labute approximate surface area is 120 Å². The minimum absolute atomic E-state index is 0.116. The molecule has 1 aliphatic rings. The molecule has 2 unspecified atom stereocenters. The van der Waals surface area contributed by atoms with Crippen LogP contribution in [0.5, 0.6) is 5.75 Å². The fourth-order valence-corrected chi connectivity index (χ4v) is 2.31. The van der Waals surface area contributed by atoms with Gasteiger partial charge in [0.1, 0.15) is 5.82 Å². The first-order chi connectivity index (χ1) is 9.88. The number of amides is 1. The number of carbonyl (C=O) groups is 2. The van der Waals surface area contributed by atoms with Crippen molar-refractivity contribution in [3.63, 3.8) is 0 Å². The van der Waals surface area contributed by atoms with Gasteiger partial charge in [-0.25, -0.2) is 8.78 Å². The van der Waals surface area contributed by atoms with Crippen LogP contribution in [0.25, 0.3) is 0 Å². The zero-order valence-electron chi connectivity index (χ0n) is 11.4. The number of carbonyl (C=O) groups excluding carboxylic acids is 1. The molecule has 21 heavy (non-hydrogen) atoms. The standard InChI is InChI=1S/C14H15F2NO4/c1-8-5-17(6-10(8)14(19)20)13(18)7-21-12-3-2-9(15)4-11(12)16/h2-4,8,10H,5-7H2,1H3,(H,19,20). The van der Waals surface area contributed by atoms with Crippen LogP contribution in [0.3, 0.4) is 0 Å². The molecule has 1 aliphatic heterocycles. The lowest BCUT2D eigenvalue weighted by atomic mass is 9.99. The van der Waals surface area contributed by atoms with E-state index in [0.717, 1.165) is 12.1 Å². The van der Waals surface area contributed by atoms with Gasteiger partial charge in [-0.05, 0) is 18.1 Å². The van der Waals surface area contributed by atoms with E-state index in [1.54, 1.807) is 6.92 Å². The van der Waals surface area contributed by atoms with Gasteiger partial charge in [-0.2, -0.15) is 0 Å². The van der Waals surface area contributed by atoms with Crippen molar-refractivity contribution >= 4 is 11.9 Å². The summed E-state index contributed by atoms with van der Waals surface area (Å²) in [4.78, 5) is 24.3. The molecule has 2 rings (SSSR count). The van der Waals surface area contributed by atoms with E-state index in [0.29, 0.717) is 12.6 Å². The van der Waals surface area contributed by atoms with Crippen molar-refractivity contribution in [3.8, 4) is 5.75 Å². The number of carboxylic acid groups (broad SMARTS) is 1. The van der Waals surface area contributed by atoms with Crippen molar-refractivity contribution in [1.29, 1.82) is 0 Å². The maximum absolute atomic E-state index is 13.3. The summed E-state index contributed by atoms with van der Waals surface area (Å²) < 4.78 is 31.1. The molecule has 7 heteroatoms. The maximum Gasteiger partial charge on any atom is 0.308 e. The largest absolute Gasteiger partial charge is 0.481 e. The summed E-state index contributed by atoms with van der Waals surface area (Å²) in [6.45, 7) is 1.78. The summed E-state index contributed by atoms with van der Waals surface area (Å²) in [5.74, 6) is -3.94. The lowest BCUT2D eigenvalue weighted by Gasteiger charge is -2.16. The van der Waals surface area contributed by atoms with Crippen molar-refractivity contribution in [2.75, 3.05) is 19.7 Å². The molecule has 0 saturated carbocycles. The van der Waals surface area contributed by atoms with Crippen LogP contribution in [-0.4, -0.2) is 41.6 Å². The Balaban J connectivity index is 1.92. The molecule has 114 valence electrons. The van der Waals surface area contributed by atoms with Crippen molar-refractivity contribution in [2.24, 2.45) is 11.8 Å². The van der Waals surface area contributed by atoms with Gasteiger partial charge in [0.25, 0.3) is 5.91 Å². The second-order valence-electron chi connectivity index (χ2n) is 5.08. The van der Waals surface area contributed by atoms with Gasteiger partial charge in [0, 0.05) is 19.2 Å². The van der Waals surface area contributed by atoms with Crippen molar-refractivity contribution in [3.05, 3.63) is 29.8 Å². The van der Waals surface area contributed by atoms with Crippen LogP contribution in [0.4, 0.5) is 8.78 Å². The fourth-order valence-electron chi connectivity index (χ4n) is 2.31. The number of carboxylic acids is 1. The lowest BCUT2D eigenvalue weighted by Crippen LogP contribution is -2.34. The predicted molar refractivity (Wildman–Crippen MR) is 68.7 cm³/mol. The van der Waals surface area contributed by atoms with Crippen LogP contribution in [0.2, 0.25) is 0 Å². The Kier molecular flexibility index (Phi) is 4.40. The van der Waals surface area contributed by atoms with Crippen LogP contribution >= 0.6 is 0 Å². The first-order valence-electron chi connectivity index (χ1n) is 6.47. The molecule has 1 amide bonds. The van der Waals surface area contributed by atoms with Crippen LogP contribution in [0.1, 0.15) is 6.92 Å². The number of nitrogens with zero attached hydrogens (tertiary/aromatic N) is 1. The number of ether oxygens (including phenoxy) is 1. The molecule has 1 saturated heterocycles. The van der Waals surface area contributed by atoms with Crippen LogP contribution < -0.4 is 4.74 Å². The average Bonchev–Trinajstić information content (AvgIpc) is 2.80. The third-order valence-corrected chi connectivity index (χ3v) is 3.53. The Morgan fingerprint density at radius 3 is 2.67 bits per heavy atom.